The summed E-state index contributed by atoms with van der Waals surface area (Å²) in [5.41, 5.74) is 3.30. The molecule has 3 aromatic carbocycles. The van der Waals surface area contributed by atoms with E-state index in [1.54, 1.807) is 18.2 Å². The number of carbonyl (C=O) groups excluding carboxylic acids is 1. The van der Waals surface area contributed by atoms with Gasteiger partial charge in [0, 0.05) is 21.5 Å². The molecule has 0 aliphatic carbocycles. The Morgan fingerprint density at radius 1 is 0.871 bits per heavy atom. The van der Waals surface area contributed by atoms with Gasteiger partial charge in [0.1, 0.15) is 5.82 Å². The number of hydrogen-bond donors (Lipinski definition) is 2. The number of H-pyrrole nitrogens is 2. The van der Waals surface area contributed by atoms with Crippen LogP contribution in [-0.2, 0) is 0 Å². The van der Waals surface area contributed by atoms with E-state index >= 15 is 0 Å². The molecular weight excluding hydrogens is 410 g/mol. The number of benzene rings is 3. The number of aromatic amines is 2. The third-order valence-corrected chi connectivity index (χ3v) is 5.35. The number of aromatic nitrogens is 3. The number of fused-ring (bicyclic) bond motifs is 2. The van der Waals surface area contributed by atoms with Crippen molar-refractivity contribution in [2.24, 2.45) is 0 Å². The molecule has 0 fully saturated rings. The highest BCUT2D eigenvalue weighted by atomic mass is 35.5. The van der Waals surface area contributed by atoms with E-state index in [1.807, 2.05) is 60.7 Å². The van der Waals surface area contributed by atoms with Crippen molar-refractivity contribution in [1.82, 2.24) is 15.0 Å². The van der Waals surface area contributed by atoms with Crippen LogP contribution in [0.25, 0.3) is 39.1 Å². The second-order valence-electron chi connectivity index (χ2n) is 7.09. The minimum atomic E-state index is -0.442. The standard InChI is InChI=1S/C25H16ClN3O2/c26-16-11-9-15(10-12-16)23-17-5-1-2-6-18(17)29-25(31)24(23)21(30)13-14-22-27-19-7-3-4-8-20(19)28-22/h1-14H,(H,27,28)(H,29,31)/b14-13-. The number of rotatable bonds is 4. The fourth-order valence-corrected chi connectivity index (χ4v) is 3.81. The highest BCUT2D eigenvalue weighted by molar-refractivity contribution is 6.30. The lowest BCUT2D eigenvalue weighted by Gasteiger charge is -2.11. The molecule has 0 spiro atoms. The van der Waals surface area contributed by atoms with Crippen LogP contribution in [0.4, 0.5) is 0 Å². The van der Waals surface area contributed by atoms with E-state index < -0.39 is 11.3 Å². The normalized spacial score (nSPS) is 11.5. The lowest BCUT2D eigenvalue weighted by molar-refractivity contribution is 0.104. The molecule has 0 saturated carbocycles. The molecule has 6 heteroatoms. The van der Waals surface area contributed by atoms with Crippen LogP contribution in [0.2, 0.25) is 5.02 Å². The number of nitrogens with one attached hydrogen (secondary N) is 2. The van der Waals surface area contributed by atoms with Gasteiger partial charge in [-0.25, -0.2) is 4.98 Å². The molecular formula is C25H16ClN3O2. The van der Waals surface area contributed by atoms with E-state index in [0.29, 0.717) is 21.9 Å². The van der Waals surface area contributed by atoms with Gasteiger partial charge in [-0.3, -0.25) is 9.59 Å². The summed E-state index contributed by atoms with van der Waals surface area (Å²) in [6.45, 7) is 0. The Balaban J connectivity index is 1.65. The number of ketones is 1. The molecule has 0 radical (unpaired) electrons. The number of pyridine rings is 1. The second kappa shape index (κ2) is 7.70. The lowest BCUT2D eigenvalue weighted by Crippen LogP contribution is -2.18. The predicted octanol–water partition coefficient (Wildman–Crippen LogP) is 5.62. The summed E-state index contributed by atoms with van der Waals surface area (Å²) in [4.78, 5) is 36.5. The molecule has 0 aliphatic rings. The van der Waals surface area contributed by atoms with Gasteiger partial charge >= 0.3 is 0 Å². The summed E-state index contributed by atoms with van der Waals surface area (Å²) in [6, 6.07) is 22.1. The lowest BCUT2D eigenvalue weighted by atomic mass is 9.94. The van der Waals surface area contributed by atoms with E-state index in [-0.39, 0.29) is 5.56 Å². The van der Waals surface area contributed by atoms with Gasteiger partial charge in [0.05, 0.1) is 16.6 Å². The molecule has 5 aromatic rings. The largest absolute Gasteiger partial charge is 0.338 e. The second-order valence-corrected chi connectivity index (χ2v) is 7.53. The van der Waals surface area contributed by atoms with Gasteiger partial charge in [-0.05, 0) is 48.0 Å². The SMILES string of the molecule is O=C(/C=C\c1nc2ccccc2[nH]1)c1c(-c2ccc(Cl)cc2)c2ccccc2[nH]c1=O. The van der Waals surface area contributed by atoms with Gasteiger partial charge in [0.25, 0.3) is 5.56 Å². The van der Waals surface area contributed by atoms with Crippen molar-refractivity contribution in [3.63, 3.8) is 0 Å². The number of carbonyl (C=O) groups is 1. The Morgan fingerprint density at radius 3 is 2.35 bits per heavy atom. The first kappa shape index (κ1) is 19.0. The molecule has 2 aromatic heterocycles. The first-order chi connectivity index (χ1) is 15.1. The van der Waals surface area contributed by atoms with Crippen LogP contribution in [0.1, 0.15) is 16.2 Å². The number of hydrogen-bond acceptors (Lipinski definition) is 3. The van der Waals surface area contributed by atoms with Crippen molar-refractivity contribution in [1.29, 1.82) is 0 Å². The average Bonchev–Trinajstić information content (AvgIpc) is 3.20. The van der Waals surface area contributed by atoms with Crippen LogP contribution < -0.4 is 5.56 Å². The summed E-state index contributed by atoms with van der Waals surface area (Å²) >= 11 is 6.05. The summed E-state index contributed by atoms with van der Waals surface area (Å²) in [7, 11) is 0. The molecule has 0 saturated heterocycles. The number of nitrogens with zero attached hydrogens (tertiary/aromatic N) is 1. The van der Waals surface area contributed by atoms with E-state index in [2.05, 4.69) is 15.0 Å². The third kappa shape index (κ3) is 3.56. The maximum absolute atomic E-state index is 13.2. The minimum Gasteiger partial charge on any atom is -0.338 e. The Hall–Kier alpha value is -3.96. The van der Waals surface area contributed by atoms with Crippen molar-refractivity contribution in [3.05, 3.63) is 106 Å². The zero-order valence-corrected chi connectivity index (χ0v) is 17.0. The van der Waals surface area contributed by atoms with Gasteiger partial charge in [-0.15, -0.1) is 0 Å². The fourth-order valence-electron chi connectivity index (χ4n) is 3.68. The zero-order valence-electron chi connectivity index (χ0n) is 16.2. The van der Waals surface area contributed by atoms with E-state index in [4.69, 9.17) is 11.6 Å². The van der Waals surface area contributed by atoms with Crippen LogP contribution >= 0.6 is 11.6 Å². The predicted molar refractivity (Wildman–Crippen MR) is 124 cm³/mol. The third-order valence-electron chi connectivity index (χ3n) is 5.10. The average molecular weight is 426 g/mol. The summed E-state index contributed by atoms with van der Waals surface area (Å²) in [5, 5.41) is 1.36. The van der Waals surface area contributed by atoms with Crippen LogP contribution in [0, 0.1) is 0 Å². The van der Waals surface area contributed by atoms with Crippen LogP contribution in [-0.4, -0.2) is 20.7 Å². The molecule has 5 rings (SSSR count). The first-order valence-corrected chi connectivity index (χ1v) is 10.1. The molecule has 5 nitrogen and oxygen atoms in total. The number of para-hydroxylation sites is 3. The molecule has 0 bridgehead atoms. The molecule has 31 heavy (non-hydrogen) atoms. The summed E-state index contributed by atoms with van der Waals surface area (Å²) < 4.78 is 0. The van der Waals surface area contributed by atoms with Gasteiger partial charge in [0.2, 0.25) is 0 Å². The van der Waals surface area contributed by atoms with Gasteiger partial charge in [-0.2, -0.15) is 0 Å². The topological polar surface area (TPSA) is 78.6 Å². The molecule has 0 atom stereocenters. The molecule has 2 N–H and O–H groups in total. The van der Waals surface area contributed by atoms with Crippen molar-refractivity contribution in [2.45, 2.75) is 0 Å². The highest BCUT2D eigenvalue weighted by Gasteiger charge is 2.19. The van der Waals surface area contributed by atoms with Crippen LogP contribution in [0.15, 0.2) is 83.7 Å². The maximum atomic E-state index is 13.2. The Morgan fingerprint density at radius 2 is 1.58 bits per heavy atom. The van der Waals surface area contributed by atoms with Crippen LogP contribution in [0.5, 0.6) is 0 Å². The first-order valence-electron chi connectivity index (χ1n) is 9.68. The monoisotopic (exact) mass is 425 g/mol. The molecule has 0 aliphatic heterocycles. The van der Waals surface area contributed by atoms with Crippen molar-refractivity contribution < 1.29 is 4.79 Å². The van der Waals surface area contributed by atoms with E-state index in [1.165, 1.54) is 6.08 Å². The zero-order chi connectivity index (χ0) is 21.4. The van der Waals surface area contributed by atoms with Gasteiger partial charge < -0.3 is 9.97 Å². The number of halogens is 1. The Kier molecular flexibility index (Phi) is 4.73. The highest BCUT2D eigenvalue weighted by Crippen LogP contribution is 2.31. The van der Waals surface area contributed by atoms with Gasteiger partial charge in [-0.1, -0.05) is 54.1 Å². The van der Waals surface area contributed by atoms with Crippen LogP contribution in [0.3, 0.4) is 0 Å². The summed E-state index contributed by atoms with van der Waals surface area (Å²) in [6.07, 6.45) is 2.96. The fraction of sp³-hybridized carbons (Fsp3) is 0. The maximum Gasteiger partial charge on any atom is 0.260 e. The molecule has 150 valence electrons. The molecule has 2 heterocycles. The molecule has 0 amide bonds. The van der Waals surface area contributed by atoms with Gasteiger partial charge in [0.15, 0.2) is 5.78 Å². The quantitative estimate of drug-likeness (QED) is 0.289. The van der Waals surface area contributed by atoms with E-state index in [0.717, 1.165) is 22.0 Å². The smallest absolute Gasteiger partial charge is 0.260 e. The number of allylic oxidation sites excluding steroid dienone is 1. The minimum absolute atomic E-state index is 0.0772. The number of imidazole rings is 1. The Labute approximate surface area is 182 Å². The molecule has 0 unspecified atom stereocenters. The summed E-state index contributed by atoms with van der Waals surface area (Å²) in [5.74, 6) is 0.136. The van der Waals surface area contributed by atoms with E-state index in [9.17, 15) is 9.59 Å². The van der Waals surface area contributed by atoms with Crippen molar-refractivity contribution in [3.8, 4) is 11.1 Å². The van der Waals surface area contributed by atoms with Crippen molar-refractivity contribution in [2.75, 3.05) is 0 Å². The van der Waals surface area contributed by atoms with Crippen molar-refractivity contribution >= 4 is 45.4 Å². The Bertz CT molecular complexity index is 1500.